The Hall–Kier alpha value is -1.16. The number of nitrogens with zero attached hydrogens (tertiary/aromatic N) is 1. The molecule has 0 saturated heterocycles. The van der Waals surface area contributed by atoms with Crippen molar-refractivity contribution in [3.63, 3.8) is 0 Å². The summed E-state index contributed by atoms with van der Waals surface area (Å²) < 4.78 is 12.3. The summed E-state index contributed by atoms with van der Waals surface area (Å²) in [6, 6.07) is 0.613. The second-order valence-corrected chi connectivity index (χ2v) is 2.35. The molecule has 60 valence electrons. The van der Waals surface area contributed by atoms with Gasteiger partial charge < -0.3 is 10.8 Å². The minimum Gasteiger partial charge on any atom is -0.506 e. The van der Waals surface area contributed by atoms with Gasteiger partial charge >= 0.3 is 0 Å². The van der Waals surface area contributed by atoms with Crippen LogP contribution in [0.25, 0.3) is 0 Å². The first-order valence-electron chi connectivity index (χ1n) is 3.21. The number of aromatic hydroxyl groups is 1. The Bertz CT molecular complexity index is 263. The summed E-state index contributed by atoms with van der Waals surface area (Å²) in [5, 5.41) is 9.08. The molecular formula is C7H9FN2O. The lowest BCUT2D eigenvalue weighted by Gasteiger charge is -2.05. The highest BCUT2D eigenvalue weighted by atomic mass is 19.1. The van der Waals surface area contributed by atoms with E-state index in [0.29, 0.717) is 5.69 Å². The molecule has 1 aromatic rings. The molecule has 1 rings (SSSR count). The molecule has 0 spiro atoms. The summed E-state index contributed by atoms with van der Waals surface area (Å²) in [6.07, 6.45) is 1.03. The van der Waals surface area contributed by atoms with E-state index in [4.69, 9.17) is 10.8 Å². The number of rotatable bonds is 1. The first kappa shape index (κ1) is 7.94. The number of halogens is 1. The first-order valence-corrected chi connectivity index (χ1v) is 3.21. The van der Waals surface area contributed by atoms with Gasteiger partial charge in [0, 0.05) is 12.1 Å². The molecule has 0 aliphatic rings. The number of aromatic nitrogens is 1. The van der Waals surface area contributed by atoms with Crippen molar-refractivity contribution < 1.29 is 9.50 Å². The van der Waals surface area contributed by atoms with Crippen LogP contribution in [-0.4, -0.2) is 10.1 Å². The normalized spacial score (nSPS) is 13.0. The fraction of sp³-hybridized carbons (Fsp3) is 0.286. The third-order valence-corrected chi connectivity index (χ3v) is 1.30. The smallest absolute Gasteiger partial charge is 0.145 e. The van der Waals surface area contributed by atoms with Crippen molar-refractivity contribution in [3.05, 3.63) is 23.8 Å². The van der Waals surface area contributed by atoms with E-state index in [0.717, 1.165) is 12.3 Å². The quantitative estimate of drug-likeness (QED) is 0.636. The molecule has 0 aliphatic heterocycles. The second-order valence-electron chi connectivity index (χ2n) is 2.35. The van der Waals surface area contributed by atoms with E-state index >= 15 is 0 Å². The van der Waals surface area contributed by atoms with Crippen LogP contribution in [0.5, 0.6) is 5.75 Å². The number of hydrogen-bond acceptors (Lipinski definition) is 3. The minimum atomic E-state index is -0.563. The highest BCUT2D eigenvalue weighted by Crippen LogP contribution is 2.19. The Morgan fingerprint density at radius 1 is 1.73 bits per heavy atom. The van der Waals surface area contributed by atoms with Crippen molar-refractivity contribution in [1.82, 2.24) is 4.98 Å². The van der Waals surface area contributed by atoms with Gasteiger partial charge in [-0.3, -0.25) is 4.98 Å². The lowest BCUT2D eigenvalue weighted by Crippen LogP contribution is -2.07. The summed E-state index contributed by atoms with van der Waals surface area (Å²) in [4.78, 5) is 3.63. The molecule has 1 aromatic heterocycles. The van der Waals surface area contributed by atoms with Crippen LogP contribution in [0, 0.1) is 5.82 Å². The standard InChI is InChI=1S/C7H9FN2O/c1-4(9)7-6(11)2-5(8)3-10-7/h2-4,11H,9H2,1H3. The van der Waals surface area contributed by atoms with Gasteiger partial charge in [-0.2, -0.15) is 0 Å². The largest absolute Gasteiger partial charge is 0.506 e. The summed E-state index contributed by atoms with van der Waals surface area (Å²) in [5.41, 5.74) is 5.73. The van der Waals surface area contributed by atoms with Gasteiger partial charge in [0.1, 0.15) is 11.6 Å². The van der Waals surface area contributed by atoms with Crippen LogP contribution in [-0.2, 0) is 0 Å². The molecule has 0 saturated carbocycles. The topological polar surface area (TPSA) is 59.1 Å². The zero-order valence-electron chi connectivity index (χ0n) is 6.08. The van der Waals surface area contributed by atoms with E-state index in [1.807, 2.05) is 0 Å². The van der Waals surface area contributed by atoms with E-state index in [2.05, 4.69) is 4.98 Å². The Balaban J connectivity index is 3.09. The maximum atomic E-state index is 12.3. The van der Waals surface area contributed by atoms with Crippen LogP contribution in [0.3, 0.4) is 0 Å². The summed E-state index contributed by atoms with van der Waals surface area (Å²) >= 11 is 0. The molecule has 0 radical (unpaired) electrons. The maximum absolute atomic E-state index is 12.3. The summed E-state index contributed by atoms with van der Waals surface area (Å²) in [6.45, 7) is 1.67. The van der Waals surface area contributed by atoms with E-state index in [9.17, 15) is 4.39 Å². The van der Waals surface area contributed by atoms with Gasteiger partial charge in [-0.1, -0.05) is 0 Å². The highest BCUT2D eigenvalue weighted by molar-refractivity contribution is 5.27. The average molecular weight is 156 g/mol. The van der Waals surface area contributed by atoms with Gasteiger partial charge in [-0.15, -0.1) is 0 Å². The minimum absolute atomic E-state index is 0.194. The fourth-order valence-corrected chi connectivity index (χ4v) is 0.790. The SMILES string of the molecule is CC(N)c1ncc(F)cc1O. The molecule has 0 amide bonds. The van der Waals surface area contributed by atoms with Gasteiger partial charge in [-0.05, 0) is 6.92 Å². The van der Waals surface area contributed by atoms with Crippen molar-refractivity contribution in [3.8, 4) is 5.75 Å². The van der Waals surface area contributed by atoms with Gasteiger partial charge in [-0.25, -0.2) is 4.39 Å². The highest BCUT2D eigenvalue weighted by Gasteiger charge is 2.07. The van der Waals surface area contributed by atoms with Crippen molar-refractivity contribution in [1.29, 1.82) is 0 Å². The first-order chi connectivity index (χ1) is 5.11. The molecule has 11 heavy (non-hydrogen) atoms. The third kappa shape index (κ3) is 1.65. The van der Waals surface area contributed by atoms with Crippen LogP contribution in [0.1, 0.15) is 18.7 Å². The molecule has 3 nitrogen and oxygen atoms in total. The Morgan fingerprint density at radius 2 is 2.36 bits per heavy atom. The van der Waals surface area contributed by atoms with Crippen LogP contribution >= 0.6 is 0 Å². The molecule has 1 atom stereocenters. The lowest BCUT2D eigenvalue weighted by molar-refractivity contribution is 0.451. The monoisotopic (exact) mass is 156 g/mol. The predicted octanol–water partition coefficient (Wildman–Crippen LogP) is 0.946. The number of pyridine rings is 1. The molecule has 4 heteroatoms. The number of hydrogen-bond donors (Lipinski definition) is 2. The van der Waals surface area contributed by atoms with Crippen LogP contribution < -0.4 is 5.73 Å². The van der Waals surface area contributed by atoms with Gasteiger partial charge in [0.25, 0.3) is 0 Å². The van der Waals surface area contributed by atoms with Crippen LogP contribution in [0.15, 0.2) is 12.3 Å². The van der Waals surface area contributed by atoms with Crippen molar-refractivity contribution in [2.45, 2.75) is 13.0 Å². The maximum Gasteiger partial charge on any atom is 0.145 e. The van der Waals surface area contributed by atoms with Gasteiger partial charge in [0.2, 0.25) is 0 Å². The van der Waals surface area contributed by atoms with E-state index < -0.39 is 5.82 Å². The third-order valence-electron chi connectivity index (χ3n) is 1.30. The van der Waals surface area contributed by atoms with Crippen LogP contribution in [0.4, 0.5) is 4.39 Å². The van der Waals surface area contributed by atoms with Crippen LogP contribution in [0.2, 0.25) is 0 Å². The fourth-order valence-electron chi connectivity index (χ4n) is 0.790. The summed E-state index contributed by atoms with van der Waals surface area (Å²) in [7, 11) is 0. The number of nitrogens with two attached hydrogens (primary N) is 1. The molecule has 0 bridgehead atoms. The van der Waals surface area contributed by atoms with E-state index in [1.54, 1.807) is 6.92 Å². The molecule has 0 aliphatic carbocycles. The summed E-state index contributed by atoms with van der Waals surface area (Å²) in [5.74, 6) is -0.757. The molecule has 3 N–H and O–H groups in total. The van der Waals surface area contributed by atoms with Crippen molar-refractivity contribution in [2.24, 2.45) is 5.73 Å². The Labute approximate surface area is 63.7 Å². The zero-order chi connectivity index (χ0) is 8.43. The predicted molar refractivity (Wildman–Crippen MR) is 38.5 cm³/mol. The second kappa shape index (κ2) is 2.84. The van der Waals surface area contributed by atoms with Gasteiger partial charge in [0.05, 0.1) is 11.9 Å². The average Bonchev–Trinajstić information content (AvgIpc) is 1.85. The zero-order valence-corrected chi connectivity index (χ0v) is 6.08. The van der Waals surface area contributed by atoms with E-state index in [1.165, 1.54) is 0 Å². The molecule has 0 aromatic carbocycles. The Kier molecular flexibility index (Phi) is 2.05. The molecular weight excluding hydrogens is 147 g/mol. The van der Waals surface area contributed by atoms with Gasteiger partial charge in [0.15, 0.2) is 0 Å². The van der Waals surface area contributed by atoms with Crippen molar-refractivity contribution >= 4 is 0 Å². The Morgan fingerprint density at radius 3 is 2.82 bits per heavy atom. The molecule has 0 fully saturated rings. The lowest BCUT2D eigenvalue weighted by atomic mass is 10.2. The molecule has 1 unspecified atom stereocenters. The van der Waals surface area contributed by atoms with E-state index in [-0.39, 0.29) is 11.8 Å². The van der Waals surface area contributed by atoms with Crippen molar-refractivity contribution in [2.75, 3.05) is 0 Å². The molecule has 1 heterocycles.